The van der Waals surface area contributed by atoms with Crippen molar-refractivity contribution in [1.82, 2.24) is 4.72 Å². The van der Waals surface area contributed by atoms with E-state index in [1.54, 1.807) is 0 Å². The SMILES string of the molecule is CC(C)(O)C(C)(C)NS(=O)(=O)c1ccc(F)cc1[N+](=O)[O-]. The lowest BCUT2D eigenvalue weighted by Gasteiger charge is -2.37. The lowest BCUT2D eigenvalue weighted by Crippen LogP contribution is -2.57. The Hall–Kier alpha value is -1.58. The molecular formula is C12H17FN2O5S. The first kappa shape index (κ1) is 17.5. The van der Waals surface area contributed by atoms with Gasteiger partial charge in [0.05, 0.1) is 22.1 Å². The van der Waals surface area contributed by atoms with Gasteiger partial charge in [-0.2, -0.15) is 0 Å². The Kier molecular flexibility index (Phi) is 4.42. The molecule has 0 aliphatic heterocycles. The summed E-state index contributed by atoms with van der Waals surface area (Å²) in [5.74, 6) is -0.914. The van der Waals surface area contributed by atoms with Crippen LogP contribution >= 0.6 is 0 Å². The zero-order valence-corrected chi connectivity index (χ0v) is 12.9. The third-order valence-corrected chi connectivity index (χ3v) is 5.03. The second-order valence-corrected chi connectivity index (χ2v) is 7.31. The summed E-state index contributed by atoms with van der Waals surface area (Å²) in [5, 5.41) is 20.8. The number of benzene rings is 1. The van der Waals surface area contributed by atoms with Crippen molar-refractivity contribution in [3.05, 3.63) is 34.1 Å². The zero-order valence-electron chi connectivity index (χ0n) is 12.0. The molecule has 0 fully saturated rings. The molecule has 0 bridgehead atoms. The second kappa shape index (κ2) is 5.32. The highest BCUT2D eigenvalue weighted by molar-refractivity contribution is 7.89. The maximum atomic E-state index is 13.1. The number of nitrogens with zero attached hydrogens (tertiary/aromatic N) is 1. The number of nitro benzene ring substituents is 1. The van der Waals surface area contributed by atoms with Crippen molar-refractivity contribution in [1.29, 1.82) is 0 Å². The summed E-state index contributed by atoms with van der Waals surface area (Å²) < 4.78 is 39.8. The molecule has 0 unspecified atom stereocenters. The highest BCUT2D eigenvalue weighted by Gasteiger charge is 2.40. The van der Waals surface area contributed by atoms with Crippen LogP contribution in [0.15, 0.2) is 23.1 Å². The molecule has 0 aliphatic rings. The molecule has 0 aliphatic carbocycles. The van der Waals surface area contributed by atoms with Crippen LogP contribution in [0.3, 0.4) is 0 Å². The molecule has 0 saturated carbocycles. The predicted molar refractivity (Wildman–Crippen MR) is 73.8 cm³/mol. The van der Waals surface area contributed by atoms with Crippen LogP contribution in [0.1, 0.15) is 27.7 Å². The first-order chi connectivity index (χ1) is 9.28. The van der Waals surface area contributed by atoms with E-state index in [-0.39, 0.29) is 0 Å². The van der Waals surface area contributed by atoms with Crippen molar-refractivity contribution in [3.8, 4) is 0 Å². The zero-order chi connectivity index (χ0) is 16.6. The summed E-state index contributed by atoms with van der Waals surface area (Å²) in [7, 11) is -4.31. The van der Waals surface area contributed by atoms with E-state index in [4.69, 9.17) is 0 Å². The molecule has 21 heavy (non-hydrogen) atoms. The van der Waals surface area contributed by atoms with Crippen molar-refractivity contribution in [2.75, 3.05) is 0 Å². The number of hydrogen-bond donors (Lipinski definition) is 2. The summed E-state index contributed by atoms with van der Waals surface area (Å²) in [4.78, 5) is 9.24. The summed E-state index contributed by atoms with van der Waals surface area (Å²) in [6.45, 7) is 5.66. The first-order valence-corrected chi connectivity index (χ1v) is 7.46. The molecule has 9 heteroatoms. The Morgan fingerprint density at radius 2 is 1.81 bits per heavy atom. The summed E-state index contributed by atoms with van der Waals surface area (Å²) in [5.41, 5.74) is -3.59. The standard InChI is InChI=1S/C12H17FN2O5S/c1-11(2,12(3,4)16)14-21(19,20)10-6-5-8(13)7-9(10)15(17)18/h5-7,14,16H,1-4H3. The predicted octanol–water partition coefficient (Wildman–Crippen LogP) is 1.56. The van der Waals surface area contributed by atoms with Gasteiger partial charge in [-0.3, -0.25) is 10.1 Å². The molecule has 1 rings (SSSR count). The lowest BCUT2D eigenvalue weighted by molar-refractivity contribution is -0.388. The van der Waals surface area contributed by atoms with Gasteiger partial charge in [0.25, 0.3) is 5.69 Å². The molecule has 0 spiro atoms. The monoisotopic (exact) mass is 320 g/mol. The average molecular weight is 320 g/mol. The smallest absolute Gasteiger partial charge is 0.292 e. The molecule has 0 saturated heterocycles. The first-order valence-electron chi connectivity index (χ1n) is 5.98. The minimum absolute atomic E-state index is 0.533. The minimum atomic E-state index is -4.31. The van der Waals surface area contributed by atoms with Gasteiger partial charge in [-0.1, -0.05) is 0 Å². The highest BCUT2D eigenvalue weighted by atomic mass is 32.2. The van der Waals surface area contributed by atoms with Crippen molar-refractivity contribution in [3.63, 3.8) is 0 Å². The summed E-state index contributed by atoms with van der Waals surface area (Å²) in [6, 6.07) is 2.17. The molecule has 7 nitrogen and oxygen atoms in total. The van der Waals surface area contributed by atoms with Crippen LogP contribution in [-0.2, 0) is 10.0 Å². The van der Waals surface area contributed by atoms with Crippen LogP contribution in [0.5, 0.6) is 0 Å². The van der Waals surface area contributed by atoms with Gasteiger partial charge < -0.3 is 5.11 Å². The van der Waals surface area contributed by atoms with E-state index in [1.165, 1.54) is 27.7 Å². The summed E-state index contributed by atoms with van der Waals surface area (Å²) >= 11 is 0. The Labute approximate surface area is 122 Å². The van der Waals surface area contributed by atoms with E-state index in [0.29, 0.717) is 6.07 Å². The number of sulfonamides is 1. The van der Waals surface area contributed by atoms with E-state index < -0.39 is 42.5 Å². The van der Waals surface area contributed by atoms with Crippen molar-refractivity contribution in [2.45, 2.75) is 43.7 Å². The van der Waals surface area contributed by atoms with E-state index >= 15 is 0 Å². The fourth-order valence-electron chi connectivity index (χ4n) is 1.38. The van der Waals surface area contributed by atoms with Crippen LogP contribution in [0, 0.1) is 15.9 Å². The van der Waals surface area contributed by atoms with Crippen LogP contribution in [0.2, 0.25) is 0 Å². The van der Waals surface area contributed by atoms with Crippen molar-refractivity contribution in [2.24, 2.45) is 0 Å². The molecule has 118 valence electrons. The van der Waals surface area contributed by atoms with Crippen LogP contribution in [0.25, 0.3) is 0 Å². The number of aliphatic hydroxyl groups is 1. The maximum Gasteiger partial charge on any atom is 0.292 e. The van der Waals surface area contributed by atoms with Gasteiger partial charge in [-0.15, -0.1) is 0 Å². The van der Waals surface area contributed by atoms with Gasteiger partial charge in [0.1, 0.15) is 5.82 Å². The number of nitrogens with one attached hydrogen (secondary N) is 1. The number of nitro groups is 1. The fourth-order valence-corrected chi connectivity index (χ4v) is 3.06. The number of rotatable bonds is 5. The molecule has 1 aromatic carbocycles. The van der Waals surface area contributed by atoms with Crippen molar-refractivity contribution >= 4 is 15.7 Å². The molecule has 0 amide bonds. The number of hydrogen-bond acceptors (Lipinski definition) is 5. The third kappa shape index (κ3) is 3.74. The van der Waals surface area contributed by atoms with Gasteiger partial charge in [-0.25, -0.2) is 17.5 Å². The lowest BCUT2D eigenvalue weighted by atomic mass is 9.87. The largest absolute Gasteiger partial charge is 0.389 e. The van der Waals surface area contributed by atoms with Gasteiger partial charge in [0.2, 0.25) is 10.0 Å². The number of halogens is 1. The third-order valence-electron chi connectivity index (χ3n) is 3.33. The average Bonchev–Trinajstić information content (AvgIpc) is 2.25. The van der Waals surface area contributed by atoms with Gasteiger partial charge >= 0.3 is 0 Å². The van der Waals surface area contributed by atoms with Crippen molar-refractivity contribution < 1.29 is 22.8 Å². The quantitative estimate of drug-likeness (QED) is 0.632. The molecule has 0 heterocycles. The highest BCUT2D eigenvalue weighted by Crippen LogP contribution is 2.28. The van der Waals surface area contributed by atoms with E-state index in [9.17, 15) is 28.0 Å². The molecule has 0 atom stereocenters. The molecule has 1 aromatic rings. The Bertz CT molecular complexity index is 665. The van der Waals surface area contributed by atoms with Gasteiger partial charge in [0, 0.05) is 0 Å². The maximum absolute atomic E-state index is 13.1. The van der Waals surface area contributed by atoms with Gasteiger partial charge in [-0.05, 0) is 39.8 Å². The topological polar surface area (TPSA) is 110 Å². The second-order valence-electron chi connectivity index (χ2n) is 5.66. The normalized spacial score (nSPS) is 13.2. The molecule has 0 radical (unpaired) electrons. The Morgan fingerprint density at radius 1 is 1.29 bits per heavy atom. The molecular weight excluding hydrogens is 303 g/mol. The molecule has 2 N–H and O–H groups in total. The Morgan fingerprint density at radius 3 is 2.24 bits per heavy atom. The molecule has 0 aromatic heterocycles. The van der Waals surface area contributed by atoms with E-state index in [2.05, 4.69) is 4.72 Å². The van der Waals surface area contributed by atoms with Gasteiger partial charge in [0.15, 0.2) is 4.90 Å². The minimum Gasteiger partial charge on any atom is -0.389 e. The van der Waals surface area contributed by atoms with Crippen LogP contribution < -0.4 is 4.72 Å². The summed E-state index contributed by atoms with van der Waals surface area (Å²) in [6.07, 6.45) is 0. The fraction of sp³-hybridized carbons (Fsp3) is 0.500. The Balaban J connectivity index is 3.37. The van der Waals surface area contributed by atoms with E-state index in [0.717, 1.165) is 12.1 Å². The van der Waals surface area contributed by atoms with Crippen LogP contribution in [-0.4, -0.2) is 29.6 Å². The van der Waals surface area contributed by atoms with Crippen LogP contribution in [0.4, 0.5) is 10.1 Å². The van der Waals surface area contributed by atoms with E-state index in [1.807, 2.05) is 0 Å².